The summed E-state index contributed by atoms with van der Waals surface area (Å²) in [6.45, 7) is 2.24. The zero-order valence-corrected chi connectivity index (χ0v) is 10.0. The van der Waals surface area contributed by atoms with Gasteiger partial charge in [-0.15, -0.1) is 0 Å². The summed E-state index contributed by atoms with van der Waals surface area (Å²) in [6, 6.07) is 1.88. The maximum atomic E-state index is 13.5. The van der Waals surface area contributed by atoms with Gasteiger partial charge in [-0.3, -0.25) is 0 Å². The molecule has 18 heavy (non-hydrogen) atoms. The van der Waals surface area contributed by atoms with Crippen LogP contribution in [0.15, 0.2) is 18.6 Å². The number of piperidine rings is 1. The van der Waals surface area contributed by atoms with Crippen molar-refractivity contribution in [3.05, 3.63) is 18.6 Å². The highest BCUT2D eigenvalue weighted by Crippen LogP contribution is 2.35. The van der Waals surface area contributed by atoms with E-state index in [0.29, 0.717) is 13.1 Å². The minimum Gasteiger partial charge on any atom is -0.355 e. The van der Waals surface area contributed by atoms with Gasteiger partial charge in [0, 0.05) is 31.6 Å². The Morgan fingerprint density at radius 3 is 3.06 bits per heavy atom. The predicted octanol–water partition coefficient (Wildman–Crippen LogP) is 2.44. The summed E-state index contributed by atoms with van der Waals surface area (Å²) >= 11 is 0. The number of H-pyrrole nitrogens is 1. The van der Waals surface area contributed by atoms with Crippen molar-refractivity contribution in [1.29, 1.82) is 0 Å². The molecule has 3 heterocycles. The van der Waals surface area contributed by atoms with E-state index >= 15 is 0 Å². The molecule has 0 amide bonds. The number of fused-ring (bicyclic) bond motifs is 1. The molecule has 1 atom stereocenters. The fourth-order valence-electron chi connectivity index (χ4n) is 2.39. The van der Waals surface area contributed by atoms with Gasteiger partial charge in [0.2, 0.25) is 0 Å². The van der Waals surface area contributed by atoms with Gasteiger partial charge in [0.25, 0.3) is 5.92 Å². The smallest absolute Gasteiger partial charge is 0.254 e. The number of rotatable bonds is 1. The molecular weight excluding hydrogens is 238 g/mol. The van der Waals surface area contributed by atoms with E-state index < -0.39 is 11.8 Å². The Kier molecular flexibility index (Phi) is 2.46. The summed E-state index contributed by atoms with van der Waals surface area (Å²) in [4.78, 5) is 13.3. The van der Waals surface area contributed by atoms with E-state index in [1.165, 1.54) is 6.33 Å². The molecule has 4 nitrogen and oxygen atoms in total. The lowest BCUT2D eigenvalue weighted by molar-refractivity contribution is -0.0652. The third kappa shape index (κ3) is 1.72. The molecule has 6 heteroatoms. The lowest BCUT2D eigenvalue weighted by atomic mass is 9.95. The van der Waals surface area contributed by atoms with Crippen molar-refractivity contribution in [2.75, 3.05) is 18.0 Å². The van der Waals surface area contributed by atoms with E-state index in [4.69, 9.17) is 0 Å². The van der Waals surface area contributed by atoms with Gasteiger partial charge in [-0.2, -0.15) is 0 Å². The third-order valence-corrected chi connectivity index (χ3v) is 3.56. The van der Waals surface area contributed by atoms with Crippen molar-refractivity contribution in [3.8, 4) is 0 Å². The number of aromatic nitrogens is 3. The van der Waals surface area contributed by atoms with E-state index in [1.54, 1.807) is 13.1 Å². The van der Waals surface area contributed by atoms with Crippen LogP contribution in [0, 0.1) is 5.92 Å². The third-order valence-electron chi connectivity index (χ3n) is 3.56. The Morgan fingerprint density at radius 2 is 2.28 bits per heavy atom. The number of hydrogen-bond acceptors (Lipinski definition) is 3. The minimum atomic E-state index is -2.57. The molecule has 0 aliphatic carbocycles. The molecule has 3 rings (SSSR count). The first-order chi connectivity index (χ1) is 8.58. The highest BCUT2D eigenvalue weighted by atomic mass is 19.3. The van der Waals surface area contributed by atoms with Crippen molar-refractivity contribution < 1.29 is 8.78 Å². The summed E-state index contributed by atoms with van der Waals surface area (Å²) in [5.74, 6) is -2.49. The van der Waals surface area contributed by atoms with Crippen LogP contribution in [0.2, 0.25) is 0 Å². The molecule has 2 aromatic heterocycles. The number of hydrogen-bond donors (Lipinski definition) is 1. The molecule has 0 radical (unpaired) electrons. The number of aromatic amines is 1. The highest BCUT2D eigenvalue weighted by molar-refractivity contribution is 5.87. The molecule has 2 aromatic rings. The number of anilines is 1. The van der Waals surface area contributed by atoms with Gasteiger partial charge in [0.15, 0.2) is 0 Å². The Labute approximate surface area is 103 Å². The summed E-state index contributed by atoms with van der Waals surface area (Å²) in [5.41, 5.74) is 0.741. The molecule has 1 fully saturated rings. The van der Waals surface area contributed by atoms with Crippen LogP contribution in [0.1, 0.15) is 13.3 Å². The van der Waals surface area contributed by atoms with Crippen LogP contribution in [-0.4, -0.2) is 34.0 Å². The Balaban J connectivity index is 1.94. The summed E-state index contributed by atoms with van der Waals surface area (Å²) in [6.07, 6.45) is 3.13. The monoisotopic (exact) mass is 252 g/mol. The topological polar surface area (TPSA) is 44.8 Å². The highest BCUT2D eigenvalue weighted by Gasteiger charge is 2.41. The van der Waals surface area contributed by atoms with Gasteiger partial charge < -0.3 is 9.88 Å². The molecule has 1 N–H and O–H groups in total. The summed E-state index contributed by atoms with van der Waals surface area (Å²) < 4.78 is 27.0. The Morgan fingerprint density at radius 1 is 1.44 bits per heavy atom. The number of nitrogens with one attached hydrogen (secondary N) is 1. The quantitative estimate of drug-likeness (QED) is 0.847. The average Bonchev–Trinajstić information content (AvgIpc) is 2.80. The van der Waals surface area contributed by atoms with Crippen LogP contribution < -0.4 is 4.90 Å². The molecule has 1 unspecified atom stereocenters. The van der Waals surface area contributed by atoms with Crippen LogP contribution >= 0.6 is 0 Å². The predicted molar refractivity (Wildman–Crippen MR) is 64.8 cm³/mol. The molecule has 0 bridgehead atoms. The van der Waals surface area contributed by atoms with Crippen LogP contribution in [0.3, 0.4) is 0 Å². The normalized spacial score (nSPS) is 23.5. The van der Waals surface area contributed by atoms with Gasteiger partial charge in [-0.05, 0) is 6.07 Å². The van der Waals surface area contributed by atoms with Gasteiger partial charge in [-0.25, -0.2) is 18.7 Å². The van der Waals surface area contributed by atoms with Crippen molar-refractivity contribution in [3.63, 3.8) is 0 Å². The molecular formula is C12H14F2N4. The van der Waals surface area contributed by atoms with Crippen molar-refractivity contribution in [2.24, 2.45) is 5.92 Å². The SMILES string of the molecule is CC1CN(c2ncnc3[nH]ccc23)CCC1(F)F. The van der Waals surface area contributed by atoms with Gasteiger partial charge >= 0.3 is 0 Å². The van der Waals surface area contributed by atoms with Crippen LogP contribution in [0.5, 0.6) is 0 Å². The van der Waals surface area contributed by atoms with Crippen LogP contribution in [0.25, 0.3) is 11.0 Å². The fourth-order valence-corrected chi connectivity index (χ4v) is 2.39. The first-order valence-electron chi connectivity index (χ1n) is 5.99. The molecule has 96 valence electrons. The molecule has 0 saturated carbocycles. The maximum Gasteiger partial charge on any atom is 0.254 e. The number of nitrogens with zero attached hydrogens (tertiary/aromatic N) is 3. The molecule has 0 aromatic carbocycles. The largest absolute Gasteiger partial charge is 0.355 e. The summed E-state index contributed by atoms with van der Waals surface area (Å²) in [5, 5.41) is 0.884. The summed E-state index contributed by atoms with van der Waals surface area (Å²) in [7, 11) is 0. The second-order valence-corrected chi connectivity index (χ2v) is 4.80. The van der Waals surface area contributed by atoms with Crippen molar-refractivity contribution >= 4 is 16.9 Å². The molecule has 0 spiro atoms. The van der Waals surface area contributed by atoms with E-state index in [-0.39, 0.29) is 6.42 Å². The standard InChI is InChI=1S/C12H14F2N4/c1-8-6-18(5-3-12(8,13)14)11-9-2-4-15-10(9)16-7-17-11/h2,4,7-8H,3,5-6H2,1H3,(H,15,16,17). The number of alkyl halides is 2. The second kappa shape index (κ2) is 3.90. The van der Waals surface area contributed by atoms with Gasteiger partial charge in [0.1, 0.15) is 17.8 Å². The molecule has 1 aliphatic rings. The van der Waals surface area contributed by atoms with E-state index in [1.807, 2.05) is 11.0 Å². The van der Waals surface area contributed by atoms with Crippen LogP contribution in [0.4, 0.5) is 14.6 Å². The van der Waals surface area contributed by atoms with Crippen molar-refractivity contribution in [1.82, 2.24) is 15.0 Å². The zero-order valence-electron chi connectivity index (χ0n) is 10.0. The first-order valence-corrected chi connectivity index (χ1v) is 5.99. The fraction of sp³-hybridized carbons (Fsp3) is 0.500. The minimum absolute atomic E-state index is 0.121. The van der Waals surface area contributed by atoms with Gasteiger partial charge in [-0.1, -0.05) is 6.92 Å². The van der Waals surface area contributed by atoms with Crippen LogP contribution in [-0.2, 0) is 0 Å². The molecule has 1 aliphatic heterocycles. The number of halogens is 2. The second-order valence-electron chi connectivity index (χ2n) is 4.80. The Hall–Kier alpha value is -1.72. The average molecular weight is 252 g/mol. The van der Waals surface area contributed by atoms with E-state index in [9.17, 15) is 8.78 Å². The lowest BCUT2D eigenvalue weighted by Crippen LogP contribution is -2.46. The first kappa shape index (κ1) is 11.4. The van der Waals surface area contributed by atoms with E-state index in [2.05, 4.69) is 15.0 Å². The Bertz CT molecular complexity index is 566. The molecule has 1 saturated heterocycles. The van der Waals surface area contributed by atoms with Crippen molar-refractivity contribution in [2.45, 2.75) is 19.3 Å². The maximum absolute atomic E-state index is 13.5. The van der Waals surface area contributed by atoms with E-state index in [0.717, 1.165) is 16.9 Å². The zero-order chi connectivity index (χ0) is 12.8. The van der Waals surface area contributed by atoms with Gasteiger partial charge in [0.05, 0.1) is 5.39 Å². The lowest BCUT2D eigenvalue weighted by Gasteiger charge is -2.37.